The number of nitrogens with zero attached hydrogens (tertiary/aromatic N) is 2. The summed E-state index contributed by atoms with van der Waals surface area (Å²) in [5.41, 5.74) is 0.886. The highest BCUT2D eigenvalue weighted by Crippen LogP contribution is 2.18. The Kier molecular flexibility index (Phi) is 6.12. The minimum atomic E-state index is -0.248. The second-order valence-corrected chi connectivity index (χ2v) is 6.26. The lowest BCUT2D eigenvalue weighted by molar-refractivity contribution is 0.0906. The van der Waals surface area contributed by atoms with Crippen LogP contribution in [0, 0.1) is 0 Å². The topological polar surface area (TPSA) is 66.9 Å². The molecule has 0 bridgehead atoms. The van der Waals surface area contributed by atoms with Crippen molar-refractivity contribution in [1.82, 2.24) is 15.3 Å². The van der Waals surface area contributed by atoms with Crippen molar-refractivity contribution in [1.29, 1.82) is 0 Å². The van der Waals surface area contributed by atoms with Gasteiger partial charge in [-0.3, -0.25) is 4.79 Å². The third-order valence-corrected chi connectivity index (χ3v) is 3.44. The normalized spacial score (nSPS) is 11.6. The Hall–Kier alpha value is -1.65. The minimum absolute atomic E-state index is 0.148. The second kappa shape index (κ2) is 7.38. The standard InChI is InChI=1S/C16H28N4O/c1-7-9-17-12-10-18-14(11(3)4)19-13(12)15(21)20-16(5,6)8-2/h10-11,17H,7-9H2,1-6H3,(H,20,21). The Morgan fingerprint density at radius 3 is 2.52 bits per heavy atom. The summed E-state index contributed by atoms with van der Waals surface area (Å²) in [5, 5.41) is 6.26. The van der Waals surface area contributed by atoms with Crippen molar-refractivity contribution >= 4 is 11.6 Å². The van der Waals surface area contributed by atoms with Crippen LogP contribution < -0.4 is 10.6 Å². The van der Waals surface area contributed by atoms with Gasteiger partial charge in [-0.15, -0.1) is 0 Å². The molecule has 5 nitrogen and oxygen atoms in total. The summed E-state index contributed by atoms with van der Waals surface area (Å²) in [4.78, 5) is 21.3. The molecule has 0 unspecified atom stereocenters. The third-order valence-electron chi connectivity index (χ3n) is 3.44. The molecule has 0 fully saturated rings. The zero-order valence-corrected chi connectivity index (χ0v) is 14.1. The van der Waals surface area contributed by atoms with Gasteiger partial charge in [-0.1, -0.05) is 27.7 Å². The van der Waals surface area contributed by atoms with Gasteiger partial charge in [0, 0.05) is 18.0 Å². The predicted octanol–water partition coefficient (Wildman–Crippen LogP) is 3.34. The highest BCUT2D eigenvalue weighted by molar-refractivity contribution is 5.97. The fourth-order valence-electron chi connectivity index (χ4n) is 1.69. The molecule has 0 spiro atoms. The molecule has 0 aliphatic carbocycles. The molecule has 1 amide bonds. The molecule has 1 rings (SSSR count). The molecule has 1 aromatic heterocycles. The van der Waals surface area contributed by atoms with Crippen LogP contribution in [0.25, 0.3) is 0 Å². The molecule has 0 radical (unpaired) electrons. The number of anilines is 1. The monoisotopic (exact) mass is 292 g/mol. The van der Waals surface area contributed by atoms with Crippen LogP contribution in [0.4, 0.5) is 5.69 Å². The van der Waals surface area contributed by atoms with Crippen molar-refractivity contribution in [3.8, 4) is 0 Å². The van der Waals surface area contributed by atoms with Gasteiger partial charge >= 0.3 is 0 Å². The molecular formula is C16H28N4O. The fourth-order valence-corrected chi connectivity index (χ4v) is 1.69. The number of hydrogen-bond donors (Lipinski definition) is 2. The molecule has 0 saturated heterocycles. The van der Waals surface area contributed by atoms with Gasteiger partial charge in [-0.25, -0.2) is 9.97 Å². The van der Waals surface area contributed by atoms with E-state index in [9.17, 15) is 4.79 Å². The maximum atomic E-state index is 12.5. The first-order valence-corrected chi connectivity index (χ1v) is 7.74. The summed E-state index contributed by atoms with van der Waals surface area (Å²) >= 11 is 0. The quantitative estimate of drug-likeness (QED) is 0.809. The summed E-state index contributed by atoms with van der Waals surface area (Å²) < 4.78 is 0. The van der Waals surface area contributed by atoms with Gasteiger partial charge in [0.1, 0.15) is 5.82 Å². The van der Waals surface area contributed by atoms with Crippen molar-refractivity contribution in [2.75, 3.05) is 11.9 Å². The Bertz CT molecular complexity index is 483. The van der Waals surface area contributed by atoms with Crippen molar-refractivity contribution in [2.24, 2.45) is 0 Å². The summed E-state index contributed by atoms with van der Waals surface area (Å²) in [7, 11) is 0. The Labute approximate surface area is 128 Å². The van der Waals surface area contributed by atoms with Crippen LogP contribution in [0.5, 0.6) is 0 Å². The number of hydrogen-bond acceptors (Lipinski definition) is 4. The third kappa shape index (κ3) is 4.99. The lowest BCUT2D eigenvalue weighted by Crippen LogP contribution is -2.43. The van der Waals surface area contributed by atoms with Gasteiger partial charge in [-0.05, 0) is 26.7 Å². The number of carbonyl (C=O) groups excluding carboxylic acids is 1. The van der Waals surface area contributed by atoms with Gasteiger partial charge < -0.3 is 10.6 Å². The predicted molar refractivity (Wildman–Crippen MR) is 86.7 cm³/mol. The van der Waals surface area contributed by atoms with E-state index in [1.807, 2.05) is 27.7 Å². The van der Waals surface area contributed by atoms with Crippen LogP contribution in [-0.2, 0) is 0 Å². The van der Waals surface area contributed by atoms with Crippen LogP contribution in [0.15, 0.2) is 6.20 Å². The van der Waals surface area contributed by atoms with E-state index in [2.05, 4.69) is 34.4 Å². The summed E-state index contributed by atoms with van der Waals surface area (Å²) in [6.45, 7) is 13.0. The number of rotatable bonds is 7. The molecule has 2 N–H and O–H groups in total. The number of aromatic nitrogens is 2. The van der Waals surface area contributed by atoms with Crippen molar-refractivity contribution in [3.63, 3.8) is 0 Å². The molecule has 1 heterocycles. The number of nitrogens with one attached hydrogen (secondary N) is 2. The molecule has 0 aliphatic heterocycles. The first kappa shape index (κ1) is 17.4. The molecule has 0 aliphatic rings. The van der Waals surface area contributed by atoms with Crippen molar-refractivity contribution in [2.45, 2.75) is 65.8 Å². The van der Waals surface area contributed by atoms with Gasteiger partial charge in [0.05, 0.1) is 11.9 Å². The van der Waals surface area contributed by atoms with Gasteiger partial charge in [0.15, 0.2) is 5.69 Å². The van der Waals surface area contributed by atoms with Gasteiger partial charge in [0.2, 0.25) is 0 Å². The van der Waals surface area contributed by atoms with Gasteiger partial charge in [-0.2, -0.15) is 0 Å². The van der Waals surface area contributed by atoms with Crippen LogP contribution in [0.1, 0.15) is 76.6 Å². The fraction of sp³-hybridized carbons (Fsp3) is 0.688. The van der Waals surface area contributed by atoms with E-state index in [1.165, 1.54) is 0 Å². The summed E-state index contributed by atoms with van der Waals surface area (Å²) in [5.74, 6) is 0.734. The summed E-state index contributed by atoms with van der Waals surface area (Å²) in [6, 6.07) is 0. The maximum absolute atomic E-state index is 12.5. The van der Waals surface area contributed by atoms with Crippen LogP contribution in [-0.4, -0.2) is 28.0 Å². The zero-order chi connectivity index (χ0) is 16.0. The number of amides is 1. The minimum Gasteiger partial charge on any atom is -0.382 e. The first-order valence-electron chi connectivity index (χ1n) is 7.74. The van der Waals surface area contributed by atoms with E-state index in [4.69, 9.17) is 0 Å². The lowest BCUT2D eigenvalue weighted by atomic mass is 10.0. The smallest absolute Gasteiger partial charge is 0.272 e. The maximum Gasteiger partial charge on any atom is 0.272 e. The van der Waals surface area contributed by atoms with Gasteiger partial charge in [0.25, 0.3) is 5.91 Å². The summed E-state index contributed by atoms with van der Waals surface area (Å²) in [6.07, 6.45) is 3.55. The van der Waals surface area contributed by atoms with Crippen molar-refractivity contribution < 1.29 is 4.79 Å². The van der Waals surface area contributed by atoms with Crippen LogP contribution >= 0.6 is 0 Å². The molecule has 0 atom stereocenters. The van der Waals surface area contributed by atoms with E-state index in [0.29, 0.717) is 17.2 Å². The first-order chi connectivity index (χ1) is 9.80. The highest BCUT2D eigenvalue weighted by atomic mass is 16.2. The molecule has 0 saturated carbocycles. The average molecular weight is 292 g/mol. The van der Waals surface area contributed by atoms with E-state index in [-0.39, 0.29) is 17.4 Å². The molecule has 1 aromatic rings. The largest absolute Gasteiger partial charge is 0.382 e. The zero-order valence-electron chi connectivity index (χ0n) is 14.1. The van der Waals surface area contributed by atoms with E-state index in [0.717, 1.165) is 19.4 Å². The second-order valence-electron chi connectivity index (χ2n) is 6.26. The number of carbonyl (C=O) groups is 1. The Morgan fingerprint density at radius 2 is 2.00 bits per heavy atom. The Balaban J connectivity index is 3.09. The van der Waals surface area contributed by atoms with E-state index in [1.54, 1.807) is 6.20 Å². The SMILES string of the molecule is CCCNc1cnc(C(C)C)nc1C(=O)NC(C)(C)CC. The highest BCUT2D eigenvalue weighted by Gasteiger charge is 2.23. The Morgan fingerprint density at radius 1 is 1.33 bits per heavy atom. The van der Waals surface area contributed by atoms with E-state index >= 15 is 0 Å². The molecular weight excluding hydrogens is 264 g/mol. The molecule has 5 heteroatoms. The lowest BCUT2D eigenvalue weighted by Gasteiger charge is -2.25. The molecule has 0 aromatic carbocycles. The average Bonchev–Trinajstić information content (AvgIpc) is 2.44. The molecule has 118 valence electrons. The van der Waals surface area contributed by atoms with Crippen LogP contribution in [0.2, 0.25) is 0 Å². The van der Waals surface area contributed by atoms with E-state index < -0.39 is 0 Å². The van der Waals surface area contributed by atoms with Crippen molar-refractivity contribution in [3.05, 3.63) is 17.7 Å². The molecule has 21 heavy (non-hydrogen) atoms. The van der Waals surface area contributed by atoms with Crippen LogP contribution in [0.3, 0.4) is 0 Å².